The van der Waals surface area contributed by atoms with E-state index in [2.05, 4.69) is 20.8 Å². The normalized spacial score (nSPS) is 14.7. The molecular weight excluding hydrogens is 188 g/mol. The van der Waals surface area contributed by atoms with Crippen molar-refractivity contribution in [3.8, 4) is 0 Å². The molecule has 1 amide bonds. The van der Waals surface area contributed by atoms with E-state index < -0.39 is 5.91 Å². The molecule has 0 aromatic rings. The molecule has 0 saturated heterocycles. The van der Waals surface area contributed by atoms with Crippen LogP contribution in [0, 0.1) is 5.41 Å². The average molecular weight is 208 g/mol. The van der Waals surface area contributed by atoms with Crippen LogP contribution in [0.2, 0.25) is 0 Å². The molecule has 0 unspecified atom stereocenters. The fourth-order valence-corrected chi connectivity index (χ4v) is 0.997. The largest absolute Gasteiger partial charge is 0.394 e. The molecule has 0 radical (unpaired) electrons. The minimum atomic E-state index is -0.597. The highest BCUT2D eigenvalue weighted by Gasteiger charge is 2.13. The molecule has 0 heterocycles. The fourth-order valence-electron chi connectivity index (χ4n) is 0.997. The third-order valence-electron chi connectivity index (χ3n) is 1.94. The lowest BCUT2D eigenvalue weighted by molar-refractivity contribution is -0.114. The molecule has 0 atom stereocenters. The van der Waals surface area contributed by atoms with Crippen molar-refractivity contribution in [1.82, 2.24) is 0 Å². The van der Waals surface area contributed by atoms with Crippen LogP contribution in [0.25, 0.3) is 0 Å². The first kappa shape index (κ1) is 13.5. The zero-order chi connectivity index (χ0) is 12.1. The smallest absolute Gasteiger partial charge is 0.264 e. The second kappa shape index (κ2) is 5.39. The number of hydrogen-bond acceptors (Lipinski definition) is 2. The second-order valence-corrected chi connectivity index (χ2v) is 4.36. The van der Waals surface area contributed by atoms with Crippen molar-refractivity contribution in [3.63, 3.8) is 0 Å². The zero-order valence-electron chi connectivity index (χ0n) is 9.87. The number of primary amides is 1. The number of amides is 1. The van der Waals surface area contributed by atoms with Crippen LogP contribution >= 0.6 is 0 Å². The molecular formula is C12H20N2O. The Bertz CT molecular complexity index is 317. The number of hydrogen-bond donors (Lipinski definition) is 2. The Labute approximate surface area is 91.5 Å². The molecule has 0 aromatic heterocycles. The molecule has 4 N–H and O–H groups in total. The lowest BCUT2D eigenvalue weighted by Crippen LogP contribution is -2.19. The van der Waals surface area contributed by atoms with E-state index in [0.717, 1.165) is 5.57 Å². The Morgan fingerprint density at radius 2 is 1.67 bits per heavy atom. The highest BCUT2D eigenvalue weighted by molar-refractivity contribution is 5.91. The summed E-state index contributed by atoms with van der Waals surface area (Å²) in [5, 5.41) is 0. The molecule has 0 aliphatic carbocycles. The monoisotopic (exact) mass is 208 g/mol. The Morgan fingerprint density at radius 1 is 1.13 bits per heavy atom. The van der Waals surface area contributed by atoms with Crippen LogP contribution in [0.5, 0.6) is 0 Å². The summed E-state index contributed by atoms with van der Waals surface area (Å²) < 4.78 is 0. The molecule has 0 aliphatic heterocycles. The van der Waals surface area contributed by atoms with Gasteiger partial charge in [-0.1, -0.05) is 39.0 Å². The van der Waals surface area contributed by atoms with E-state index >= 15 is 0 Å². The Kier molecular flexibility index (Phi) is 4.85. The summed E-state index contributed by atoms with van der Waals surface area (Å²) in [5.74, 6) is -0.597. The standard InChI is InChI=1S/C12H20N2O/c1-5-6-9(12(2,3)4)7-8-10(13)11(14)15/h5-8H,13H2,1-4H3,(H2,14,15)/b6-5-,9-7+,10-8-. The van der Waals surface area contributed by atoms with Crippen molar-refractivity contribution >= 4 is 5.91 Å². The molecule has 0 spiro atoms. The van der Waals surface area contributed by atoms with Gasteiger partial charge in [0.2, 0.25) is 0 Å². The highest BCUT2D eigenvalue weighted by Crippen LogP contribution is 2.26. The van der Waals surface area contributed by atoms with Crippen molar-refractivity contribution in [2.75, 3.05) is 0 Å². The third kappa shape index (κ3) is 5.05. The van der Waals surface area contributed by atoms with Crippen LogP contribution in [0.15, 0.2) is 35.6 Å². The van der Waals surface area contributed by atoms with E-state index in [1.54, 1.807) is 6.08 Å². The quantitative estimate of drug-likeness (QED) is 0.549. The molecule has 15 heavy (non-hydrogen) atoms. The molecule has 0 aromatic carbocycles. The first-order valence-electron chi connectivity index (χ1n) is 4.89. The minimum absolute atomic E-state index is 0.0148. The van der Waals surface area contributed by atoms with Gasteiger partial charge in [-0.2, -0.15) is 0 Å². The molecule has 0 fully saturated rings. The van der Waals surface area contributed by atoms with Crippen LogP contribution in [-0.2, 0) is 4.79 Å². The summed E-state index contributed by atoms with van der Waals surface area (Å²) in [7, 11) is 0. The Morgan fingerprint density at radius 3 is 2.00 bits per heavy atom. The summed E-state index contributed by atoms with van der Waals surface area (Å²) in [4.78, 5) is 10.7. The highest BCUT2D eigenvalue weighted by atomic mass is 16.1. The first-order valence-corrected chi connectivity index (χ1v) is 4.89. The summed E-state index contributed by atoms with van der Waals surface area (Å²) in [6.45, 7) is 8.22. The van der Waals surface area contributed by atoms with Gasteiger partial charge < -0.3 is 11.5 Å². The van der Waals surface area contributed by atoms with E-state index in [9.17, 15) is 4.79 Å². The summed E-state index contributed by atoms with van der Waals surface area (Å²) in [6.07, 6.45) is 7.30. The SMILES string of the molecule is C\C=C/C(=C\C=C(/N)C(N)=O)C(C)(C)C. The van der Waals surface area contributed by atoms with Gasteiger partial charge in [-0.3, -0.25) is 4.79 Å². The van der Waals surface area contributed by atoms with Crippen LogP contribution < -0.4 is 11.5 Å². The third-order valence-corrected chi connectivity index (χ3v) is 1.94. The van der Waals surface area contributed by atoms with E-state index in [-0.39, 0.29) is 11.1 Å². The van der Waals surface area contributed by atoms with Crippen molar-refractivity contribution in [1.29, 1.82) is 0 Å². The number of carbonyl (C=O) groups is 1. The Hall–Kier alpha value is -1.51. The average Bonchev–Trinajstić information content (AvgIpc) is 2.09. The second-order valence-electron chi connectivity index (χ2n) is 4.36. The van der Waals surface area contributed by atoms with Gasteiger partial charge in [0.1, 0.15) is 0 Å². The van der Waals surface area contributed by atoms with Gasteiger partial charge in [-0.15, -0.1) is 0 Å². The van der Waals surface area contributed by atoms with E-state index in [4.69, 9.17) is 11.5 Å². The van der Waals surface area contributed by atoms with Gasteiger partial charge in [0, 0.05) is 0 Å². The van der Waals surface area contributed by atoms with Crippen LogP contribution in [0.3, 0.4) is 0 Å². The number of rotatable bonds is 3. The number of nitrogens with two attached hydrogens (primary N) is 2. The minimum Gasteiger partial charge on any atom is -0.394 e. The van der Waals surface area contributed by atoms with Crippen molar-refractivity contribution < 1.29 is 4.79 Å². The fraction of sp³-hybridized carbons (Fsp3) is 0.417. The van der Waals surface area contributed by atoms with Crippen molar-refractivity contribution in [3.05, 3.63) is 35.6 Å². The maximum absolute atomic E-state index is 10.7. The lowest BCUT2D eigenvalue weighted by atomic mass is 9.86. The maximum Gasteiger partial charge on any atom is 0.264 e. The van der Waals surface area contributed by atoms with Gasteiger partial charge in [-0.25, -0.2) is 0 Å². The van der Waals surface area contributed by atoms with Crippen LogP contribution in [-0.4, -0.2) is 5.91 Å². The topological polar surface area (TPSA) is 69.1 Å². The number of allylic oxidation sites excluding steroid dienone is 5. The predicted molar refractivity (Wildman–Crippen MR) is 63.8 cm³/mol. The van der Waals surface area contributed by atoms with Crippen molar-refractivity contribution in [2.45, 2.75) is 27.7 Å². The maximum atomic E-state index is 10.7. The number of carbonyl (C=O) groups excluding carboxylic acids is 1. The molecule has 0 rings (SSSR count). The van der Waals surface area contributed by atoms with Gasteiger partial charge in [-0.05, 0) is 24.0 Å². The predicted octanol–water partition coefficient (Wildman–Crippen LogP) is 1.86. The molecule has 3 heteroatoms. The van der Waals surface area contributed by atoms with Crippen LogP contribution in [0.4, 0.5) is 0 Å². The molecule has 3 nitrogen and oxygen atoms in total. The van der Waals surface area contributed by atoms with E-state index in [1.165, 1.54) is 0 Å². The first-order chi connectivity index (χ1) is 6.79. The molecule has 0 bridgehead atoms. The molecule has 0 saturated carbocycles. The summed E-state index contributed by atoms with van der Waals surface area (Å²) in [6, 6.07) is 0. The lowest BCUT2D eigenvalue weighted by Gasteiger charge is -2.19. The molecule has 0 aliphatic rings. The van der Waals surface area contributed by atoms with Crippen molar-refractivity contribution in [2.24, 2.45) is 16.9 Å². The summed E-state index contributed by atoms with van der Waals surface area (Å²) >= 11 is 0. The molecule has 84 valence electrons. The Balaban J connectivity index is 5.03. The van der Waals surface area contributed by atoms with E-state index in [1.807, 2.05) is 25.2 Å². The van der Waals surface area contributed by atoms with Crippen LogP contribution in [0.1, 0.15) is 27.7 Å². The summed E-state index contributed by atoms with van der Waals surface area (Å²) in [5.41, 5.74) is 11.6. The van der Waals surface area contributed by atoms with Gasteiger partial charge in [0.25, 0.3) is 5.91 Å². The van der Waals surface area contributed by atoms with Gasteiger partial charge in [0.05, 0.1) is 5.70 Å². The van der Waals surface area contributed by atoms with Gasteiger partial charge in [0.15, 0.2) is 0 Å². The van der Waals surface area contributed by atoms with E-state index in [0.29, 0.717) is 0 Å². The van der Waals surface area contributed by atoms with Gasteiger partial charge >= 0.3 is 0 Å². The zero-order valence-corrected chi connectivity index (χ0v) is 9.87.